The van der Waals surface area contributed by atoms with Crippen molar-refractivity contribution in [2.24, 2.45) is 0 Å². The van der Waals surface area contributed by atoms with Crippen LogP contribution in [0.1, 0.15) is 38.3 Å². The zero-order valence-electron chi connectivity index (χ0n) is 14.3. The molecule has 2 aromatic rings. The van der Waals surface area contributed by atoms with E-state index >= 15 is 0 Å². The van der Waals surface area contributed by atoms with E-state index in [1.165, 1.54) is 16.8 Å². The van der Waals surface area contributed by atoms with Gasteiger partial charge in [0.25, 0.3) is 0 Å². The van der Waals surface area contributed by atoms with Gasteiger partial charge in [-0.25, -0.2) is 0 Å². The summed E-state index contributed by atoms with van der Waals surface area (Å²) < 4.78 is 0. The summed E-state index contributed by atoms with van der Waals surface area (Å²) in [6.07, 6.45) is 0.704. The van der Waals surface area contributed by atoms with Crippen molar-refractivity contribution in [3.8, 4) is 0 Å². The standard InChI is InChI=1S/C20H27NO/c1-15-11-12-19(16(2)13-15)21(17(3)14-20(4,5)22)18-9-7-6-8-10-18/h6-13,17,22H,14H2,1-5H3. The van der Waals surface area contributed by atoms with Crippen LogP contribution in [0, 0.1) is 13.8 Å². The zero-order valence-corrected chi connectivity index (χ0v) is 14.3. The molecule has 0 aliphatic carbocycles. The first kappa shape index (κ1) is 16.6. The smallest absolute Gasteiger partial charge is 0.0611 e. The lowest BCUT2D eigenvalue weighted by atomic mass is 9.97. The number of nitrogens with zero attached hydrogens (tertiary/aromatic N) is 1. The van der Waals surface area contributed by atoms with Crippen molar-refractivity contribution < 1.29 is 5.11 Å². The van der Waals surface area contributed by atoms with Gasteiger partial charge in [0.1, 0.15) is 0 Å². The normalized spacial score (nSPS) is 13.0. The van der Waals surface area contributed by atoms with Crippen LogP contribution >= 0.6 is 0 Å². The lowest BCUT2D eigenvalue weighted by molar-refractivity contribution is 0.0654. The molecule has 0 fully saturated rings. The molecule has 0 aliphatic heterocycles. The van der Waals surface area contributed by atoms with E-state index in [-0.39, 0.29) is 6.04 Å². The number of anilines is 2. The Morgan fingerprint density at radius 2 is 1.68 bits per heavy atom. The van der Waals surface area contributed by atoms with Gasteiger partial charge in [-0.1, -0.05) is 35.9 Å². The van der Waals surface area contributed by atoms with Crippen molar-refractivity contribution >= 4 is 11.4 Å². The molecule has 1 unspecified atom stereocenters. The highest BCUT2D eigenvalue weighted by atomic mass is 16.3. The molecule has 0 radical (unpaired) electrons. The molecule has 0 heterocycles. The molecule has 118 valence electrons. The summed E-state index contributed by atoms with van der Waals surface area (Å²) in [6, 6.07) is 17.1. The lowest BCUT2D eigenvalue weighted by Gasteiger charge is -2.35. The number of aryl methyl sites for hydroxylation is 2. The third kappa shape index (κ3) is 4.11. The van der Waals surface area contributed by atoms with Gasteiger partial charge in [-0.15, -0.1) is 0 Å². The van der Waals surface area contributed by atoms with Gasteiger partial charge in [0, 0.05) is 17.4 Å². The van der Waals surface area contributed by atoms with Crippen LogP contribution in [0.5, 0.6) is 0 Å². The van der Waals surface area contributed by atoms with Crippen molar-refractivity contribution in [1.82, 2.24) is 0 Å². The first-order valence-electron chi connectivity index (χ1n) is 7.92. The second kappa shape index (κ2) is 6.53. The molecule has 0 spiro atoms. The summed E-state index contributed by atoms with van der Waals surface area (Å²) in [5, 5.41) is 10.2. The Balaban J connectivity index is 2.46. The minimum absolute atomic E-state index is 0.198. The predicted octanol–water partition coefficient (Wildman–Crippen LogP) is 4.99. The summed E-state index contributed by atoms with van der Waals surface area (Å²) in [5.74, 6) is 0. The van der Waals surface area contributed by atoms with E-state index in [2.05, 4.69) is 68.1 Å². The van der Waals surface area contributed by atoms with E-state index in [0.717, 1.165) is 5.69 Å². The number of rotatable bonds is 5. The summed E-state index contributed by atoms with van der Waals surface area (Å²) >= 11 is 0. The Labute approximate surface area is 134 Å². The van der Waals surface area contributed by atoms with Crippen LogP contribution in [0.15, 0.2) is 48.5 Å². The average molecular weight is 297 g/mol. The van der Waals surface area contributed by atoms with E-state index in [9.17, 15) is 5.11 Å². The summed E-state index contributed by atoms with van der Waals surface area (Å²) in [6.45, 7) is 10.2. The number of hydrogen-bond donors (Lipinski definition) is 1. The van der Waals surface area contributed by atoms with Crippen LogP contribution in [0.3, 0.4) is 0 Å². The van der Waals surface area contributed by atoms with Crippen molar-refractivity contribution in [1.29, 1.82) is 0 Å². The Hall–Kier alpha value is -1.80. The molecule has 0 bridgehead atoms. The highest BCUT2D eigenvalue weighted by molar-refractivity contribution is 5.67. The maximum absolute atomic E-state index is 10.2. The van der Waals surface area contributed by atoms with Crippen molar-refractivity contribution in [3.63, 3.8) is 0 Å². The molecular weight excluding hydrogens is 270 g/mol. The monoisotopic (exact) mass is 297 g/mol. The second-order valence-corrected chi connectivity index (χ2v) is 6.86. The van der Waals surface area contributed by atoms with Gasteiger partial charge in [-0.05, 0) is 64.8 Å². The van der Waals surface area contributed by atoms with Crippen molar-refractivity contribution in [3.05, 3.63) is 59.7 Å². The molecule has 0 saturated heterocycles. The van der Waals surface area contributed by atoms with Gasteiger partial charge in [0.05, 0.1) is 5.60 Å². The molecule has 0 aromatic heterocycles. The fourth-order valence-electron chi connectivity index (χ4n) is 3.11. The zero-order chi connectivity index (χ0) is 16.3. The lowest BCUT2D eigenvalue weighted by Crippen LogP contribution is -2.36. The summed E-state index contributed by atoms with van der Waals surface area (Å²) in [7, 11) is 0. The number of benzene rings is 2. The van der Waals surface area contributed by atoms with Gasteiger partial charge in [0.2, 0.25) is 0 Å². The van der Waals surface area contributed by atoms with Gasteiger partial charge < -0.3 is 10.0 Å². The maximum Gasteiger partial charge on any atom is 0.0611 e. The fraction of sp³-hybridized carbons (Fsp3) is 0.400. The van der Waals surface area contributed by atoms with Crippen molar-refractivity contribution in [2.75, 3.05) is 4.90 Å². The molecule has 1 atom stereocenters. The largest absolute Gasteiger partial charge is 0.390 e. The molecule has 1 N–H and O–H groups in total. The maximum atomic E-state index is 10.2. The summed E-state index contributed by atoms with van der Waals surface area (Å²) in [4.78, 5) is 2.33. The molecule has 2 rings (SSSR count). The van der Waals surface area contributed by atoms with E-state index in [1.807, 2.05) is 19.9 Å². The molecule has 0 aliphatic rings. The van der Waals surface area contributed by atoms with Gasteiger partial charge in [0.15, 0.2) is 0 Å². The van der Waals surface area contributed by atoms with E-state index in [1.54, 1.807) is 0 Å². The van der Waals surface area contributed by atoms with Crippen LogP contribution in [0.4, 0.5) is 11.4 Å². The van der Waals surface area contributed by atoms with Crippen LogP contribution < -0.4 is 4.90 Å². The minimum atomic E-state index is -0.689. The van der Waals surface area contributed by atoms with Crippen LogP contribution in [-0.4, -0.2) is 16.7 Å². The number of para-hydroxylation sites is 1. The Morgan fingerprint density at radius 1 is 1.05 bits per heavy atom. The average Bonchev–Trinajstić information content (AvgIpc) is 2.41. The first-order valence-corrected chi connectivity index (χ1v) is 7.92. The SMILES string of the molecule is Cc1ccc(N(c2ccccc2)C(C)CC(C)(C)O)c(C)c1. The highest BCUT2D eigenvalue weighted by Crippen LogP contribution is 2.33. The van der Waals surface area contributed by atoms with Crippen LogP contribution in [0.2, 0.25) is 0 Å². The third-order valence-corrected chi connectivity index (χ3v) is 3.88. The molecule has 0 amide bonds. The van der Waals surface area contributed by atoms with Gasteiger partial charge in [-0.2, -0.15) is 0 Å². The quantitative estimate of drug-likeness (QED) is 0.840. The molecule has 22 heavy (non-hydrogen) atoms. The Kier molecular flexibility index (Phi) is 4.92. The molecule has 2 nitrogen and oxygen atoms in total. The van der Waals surface area contributed by atoms with Gasteiger partial charge >= 0.3 is 0 Å². The number of hydrogen-bond acceptors (Lipinski definition) is 2. The number of aliphatic hydroxyl groups is 1. The molecule has 2 heteroatoms. The first-order chi connectivity index (χ1) is 10.3. The summed E-state index contributed by atoms with van der Waals surface area (Å²) in [5.41, 5.74) is 4.20. The van der Waals surface area contributed by atoms with Crippen LogP contribution in [-0.2, 0) is 0 Å². The second-order valence-electron chi connectivity index (χ2n) is 6.86. The highest BCUT2D eigenvalue weighted by Gasteiger charge is 2.24. The fourth-order valence-corrected chi connectivity index (χ4v) is 3.11. The molecular formula is C20H27NO. The Morgan fingerprint density at radius 3 is 2.23 bits per heavy atom. The predicted molar refractivity (Wildman–Crippen MR) is 94.9 cm³/mol. The minimum Gasteiger partial charge on any atom is -0.390 e. The van der Waals surface area contributed by atoms with E-state index in [4.69, 9.17) is 0 Å². The van der Waals surface area contributed by atoms with E-state index in [0.29, 0.717) is 6.42 Å². The molecule has 0 saturated carbocycles. The van der Waals surface area contributed by atoms with Gasteiger partial charge in [-0.3, -0.25) is 0 Å². The van der Waals surface area contributed by atoms with E-state index < -0.39 is 5.60 Å². The van der Waals surface area contributed by atoms with Crippen molar-refractivity contribution in [2.45, 2.75) is 52.7 Å². The topological polar surface area (TPSA) is 23.5 Å². The molecule has 2 aromatic carbocycles. The third-order valence-electron chi connectivity index (χ3n) is 3.88. The Bertz CT molecular complexity index is 613. The van der Waals surface area contributed by atoms with Crippen LogP contribution in [0.25, 0.3) is 0 Å².